The maximum absolute atomic E-state index is 13.3. The van der Waals surface area contributed by atoms with E-state index >= 15 is 0 Å². The molecule has 0 atom stereocenters. The number of hydrogen-bond donors (Lipinski definition) is 1. The highest BCUT2D eigenvalue weighted by atomic mass is 19.1. The van der Waals surface area contributed by atoms with Crippen LogP contribution in [0.1, 0.15) is 18.4 Å². The van der Waals surface area contributed by atoms with Crippen LogP contribution < -0.4 is 10.5 Å². The normalized spacial score (nSPS) is 15.4. The molecule has 1 saturated carbocycles. The van der Waals surface area contributed by atoms with Gasteiger partial charge >= 0.3 is 0 Å². The summed E-state index contributed by atoms with van der Waals surface area (Å²) in [5.41, 5.74) is 5.48. The zero-order valence-electron chi connectivity index (χ0n) is 8.30. The van der Waals surface area contributed by atoms with Crippen LogP contribution in [0.3, 0.4) is 0 Å². The molecule has 2 nitrogen and oxygen atoms in total. The number of halogens is 2. The minimum Gasteiger partial charge on any atom is -0.490 e. The molecule has 82 valence electrons. The summed E-state index contributed by atoms with van der Waals surface area (Å²) in [6.07, 6.45) is 2.21. The van der Waals surface area contributed by atoms with Crippen molar-refractivity contribution in [3.8, 4) is 5.75 Å². The average molecular weight is 213 g/mol. The van der Waals surface area contributed by atoms with Crippen molar-refractivity contribution < 1.29 is 13.5 Å². The number of benzene rings is 1. The van der Waals surface area contributed by atoms with Crippen molar-refractivity contribution in [3.05, 3.63) is 29.3 Å². The third kappa shape index (κ3) is 2.26. The Hall–Kier alpha value is -1.16. The molecule has 1 fully saturated rings. The first-order valence-electron chi connectivity index (χ1n) is 5.02. The van der Waals surface area contributed by atoms with Crippen LogP contribution >= 0.6 is 0 Å². The van der Waals surface area contributed by atoms with E-state index in [0.29, 0.717) is 12.5 Å². The molecule has 0 unspecified atom stereocenters. The lowest BCUT2D eigenvalue weighted by molar-refractivity contribution is 0.280. The van der Waals surface area contributed by atoms with Gasteiger partial charge in [-0.3, -0.25) is 0 Å². The average Bonchev–Trinajstić information content (AvgIpc) is 3.03. The number of ether oxygens (including phenoxy) is 1. The van der Waals surface area contributed by atoms with Gasteiger partial charge in [0.2, 0.25) is 0 Å². The van der Waals surface area contributed by atoms with Gasteiger partial charge in [0.15, 0.2) is 11.6 Å². The third-order valence-corrected chi connectivity index (χ3v) is 2.52. The van der Waals surface area contributed by atoms with Gasteiger partial charge in [-0.15, -0.1) is 0 Å². The smallest absolute Gasteiger partial charge is 0.165 e. The highest BCUT2D eigenvalue weighted by Gasteiger charge is 2.23. The molecule has 0 spiro atoms. The summed E-state index contributed by atoms with van der Waals surface area (Å²) in [5.74, 6) is -0.579. The standard InChI is InChI=1S/C11H13F2NO/c12-9-3-4-10(13)11(8(9)5-14)15-6-7-1-2-7/h3-4,7H,1-2,5-6,14H2. The lowest BCUT2D eigenvalue weighted by Gasteiger charge is -2.11. The van der Waals surface area contributed by atoms with Crippen LogP contribution in [0.4, 0.5) is 8.78 Å². The van der Waals surface area contributed by atoms with Gasteiger partial charge in [0.1, 0.15) is 5.82 Å². The van der Waals surface area contributed by atoms with Gasteiger partial charge in [-0.25, -0.2) is 8.78 Å². The van der Waals surface area contributed by atoms with Crippen molar-refractivity contribution in [2.45, 2.75) is 19.4 Å². The molecule has 0 aliphatic heterocycles. The molecular weight excluding hydrogens is 200 g/mol. The Labute approximate surface area is 87.0 Å². The first-order chi connectivity index (χ1) is 7.22. The van der Waals surface area contributed by atoms with Crippen molar-refractivity contribution >= 4 is 0 Å². The van der Waals surface area contributed by atoms with Gasteiger partial charge in [0, 0.05) is 12.1 Å². The summed E-state index contributed by atoms with van der Waals surface area (Å²) in [6, 6.07) is 2.14. The van der Waals surface area contributed by atoms with Crippen molar-refractivity contribution in [2.75, 3.05) is 6.61 Å². The van der Waals surface area contributed by atoms with Crippen molar-refractivity contribution in [1.82, 2.24) is 0 Å². The number of nitrogens with two attached hydrogens (primary N) is 1. The highest BCUT2D eigenvalue weighted by molar-refractivity contribution is 5.36. The lowest BCUT2D eigenvalue weighted by Crippen LogP contribution is -2.08. The summed E-state index contributed by atoms with van der Waals surface area (Å²) >= 11 is 0. The van der Waals surface area contributed by atoms with Gasteiger partial charge in [-0.1, -0.05) is 0 Å². The van der Waals surface area contributed by atoms with Crippen LogP contribution in [0.2, 0.25) is 0 Å². The Bertz CT molecular complexity index is 364. The summed E-state index contributed by atoms with van der Waals surface area (Å²) in [7, 11) is 0. The van der Waals surface area contributed by atoms with Gasteiger partial charge in [-0.05, 0) is 30.9 Å². The monoisotopic (exact) mass is 213 g/mol. The Morgan fingerprint density at radius 3 is 2.53 bits per heavy atom. The summed E-state index contributed by atoms with van der Waals surface area (Å²) in [6.45, 7) is 0.400. The third-order valence-electron chi connectivity index (χ3n) is 2.52. The molecule has 1 aromatic carbocycles. The lowest BCUT2D eigenvalue weighted by atomic mass is 10.2. The van der Waals surface area contributed by atoms with E-state index in [0.717, 1.165) is 25.0 Å². The molecule has 15 heavy (non-hydrogen) atoms. The van der Waals surface area contributed by atoms with Crippen molar-refractivity contribution in [3.63, 3.8) is 0 Å². The SMILES string of the molecule is NCc1c(F)ccc(F)c1OCC1CC1. The van der Waals surface area contributed by atoms with E-state index in [1.165, 1.54) is 0 Å². The Morgan fingerprint density at radius 1 is 1.27 bits per heavy atom. The highest BCUT2D eigenvalue weighted by Crippen LogP contribution is 2.32. The molecule has 2 N–H and O–H groups in total. The van der Waals surface area contributed by atoms with E-state index in [2.05, 4.69) is 0 Å². The van der Waals surface area contributed by atoms with Crippen LogP contribution in [-0.2, 0) is 6.54 Å². The fraction of sp³-hybridized carbons (Fsp3) is 0.455. The fourth-order valence-electron chi connectivity index (χ4n) is 1.41. The van der Waals surface area contributed by atoms with E-state index < -0.39 is 11.6 Å². The molecule has 4 heteroatoms. The second kappa shape index (κ2) is 4.14. The molecule has 1 aromatic rings. The Balaban J connectivity index is 2.20. The predicted molar refractivity (Wildman–Crippen MR) is 52.5 cm³/mol. The zero-order chi connectivity index (χ0) is 10.8. The maximum Gasteiger partial charge on any atom is 0.165 e. The molecule has 2 rings (SSSR count). The molecule has 0 amide bonds. The molecule has 0 saturated heterocycles. The van der Waals surface area contributed by atoms with Crippen LogP contribution in [0.5, 0.6) is 5.75 Å². The van der Waals surface area contributed by atoms with Gasteiger partial charge in [0.25, 0.3) is 0 Å². The number of hydrogen-bond acceptors (Lipinski definition) is 2. The second-order valence-electron chi connectivity index (χ2n) is 3.80. The predicted octanol–water partition coefficient (Wildman–Crippen LogP) is 2.21. The molecule has 1 aliphatic rings. The van der Waals surface area contributed by atoms with E-state index in [1.807, 2.05) is 0 Å². The Kier molecular flexibility index (Phi) is 2.86. The van der Waals surface area contributed by atoms with Crippen LogP contribution in [0.15, 0.2) is 12.1 Å². The van der Waals surface area contributed by atoms with Crippen LogP contribution in [0, 0.1) is 17.6 Å². The maximum atomic E-state index is 13.3. The first-order valence-corrected chi connectivity index (χ1v) is 5.02. The molecule has 0 bridgehead atoms. The van der Waals surface area contributed by atoms with Crippen LogP contribution in [0.25, 0.3) is 0 Å². The fourth-order valence-corrected chi connectivity index (χ4v) is 1.41. The van der Waals surface area contributed by atoms with E-state index in [-0.39, 0.29) is 17.9 Å². The molecule has 1 aliphatic carbocycles. The van der Waals surface area contributed by atoms with E-state index in [1.54, 1.807) is 0 Å². The largest absolute Gasteiger partial charge is 0.490 e. The number of rotatable bonds is 4. The summed E-state index contributed by atoms with van der Waals surface area (Å²) in [5, 5.41) is 0. The minimum atomic E-state index is -0.544. The Morgan fingerprint density at radius 2 is 1.93 bits per heavy atom. The molecule has 0 radical (unpaired) electrons. The topological polar surface area (TPSA) is 35.2 Å². The van der Waals surface area contributed by atoms with Crippen molar-refractivity contribution in [2.24, 2.45) is 11.7 Å². The van der Waals surface area contributed by atoms with E-state index in [9.17, 15) is 8.78 Å². The van der Waals surface area contributed by atoms with Gasteiger partial charge in [-0.2, -0.15) is 0 Å². The molecular formula is C11H13F2NO. The summed E-state index contributed by atoms with van der Waals surface area (Å²) < 4.78 is 31.9. The second-order valence-corrected chi connectivity index (χ2v) is 3.80. The van der Waals surface area contributed by atoms with E-state index in [4.69, 9.17) is 10.5 Å². The van der Waals surface area contributed by atoms with Gasteiger partial charge < -0.3 is 10.5 Å². The zero-order valence-corrected chi connectivity index (χ0v) is 8.30. The molecule has 0 heterocycles. The quantitative estimate of drug-likeness (QED) is 0.832. The molecule has 0 aromatic heterocycles. The first kappa shape index (κ1) is 10.4. The minimum absolute atomic E-state index is 0.0237. The summed E-state index contributed by atoms with van der Waals surface area (Å²) in [4.78, 5) is 0. The van der Waals surface area contributed by atoms with Crippen molar-refractivity contribution in [1.29, 1.82) is 0 Å². The van der Waals surface area contributed by atoms with Gasteiger partial charge in [0.05, 0.1) is 6.61 Å². The van der Waals surface area contributed by atoms with Crippen LogP contribution in [-0.4, -0.2) is 6.61 Å².